The first-order valence-electron chi connectivity index (χ1n) is 8.81. The van der Waals surface area contributed by atoms with Gasteiger partial charge in [-0.1, -0.05) is 30.3 Å². The Balaban J connectivity index is 1.41. The molecule has 0 N–H and O–H groups in total. The third kappa shape index (κ3) is 3.94. The molecule has 3 aromatic rings. The van der Waals surface area contributed by atoms with Crippen molar-refractivity contribution in [3.8, 4) is 10.4 Å². The van der Waals surface area contributed by atoms with Gasteiger partial charge < -0.3 is 4.90 Å². The molecular weight excluding hydrogens is 360 g/mol. The first kappa shape index (κ1) is 17.2. The number of carbonyl (C=O) groups excluding carboxylic acids is 1. The Bertz CT molecular complexity index is 884. The second kappa shape index (κ2) is 7.98. The van der Waals surface area contributed by atoms with Crippen molar-refractivity contribution in [2.45, 2.75) is 18.8 Å². The van der Waals surface area contributed by atoms with E-state index in [1.165, 1.54) is 10.4 Å². The van der Waals surface area contributed by atoms with E-state index in [1.807, 2.05) is 40.8 Å². The van der Waals surface area contributed by atoms with E-state index >= 15 is 0 Å². The number of hydrogen-bond donors (Lipinski definition) is 0. The molecule has 0 saturated carbocycles. The molecule has 0 aliphatic carbocycles. The van der Waals surface area contributed by atoms with Crippen molar-refractivity contribution in [1.29, 1.82) is 0 Å². The minimum Gasteiger partial charge on any atom is -0.338 e. The number of nitrogens with zero attached hydrogens (tertiary/aromatic N) is 2. The van der Waals surface area contributed by atoms with E-state index in [0.717, 1.165) is 35.8 Å². The predicted molar refractivity (Wildman–Crippen MR) is 109 cm³/mol. The number of benzene rings is 1. The molecule has 1 aromatic carbocycles. The van der Waals surface area contributed by atoms with Gasteiger partial charge in [0.05, 0.1) is 5.01 Å². The van der Waals surface area contributed by atoms with Crippen LogP contribution in [-0.4, -0.2) is 28.9 Å². The lowest BCUT2D eigenvalue weighted by Gasteiger charge is -2.31. The fraction of sp³-hybridized carbons (Fsp3) is 0.238. The SMILES string of the molecule is O=C(/C=C/c1ccc(-c2ccccc2)s1)N1CCCC(c2nccs2)C1. The minimum atomic E-state index is 0.0981. The average molecular weight is 381 g/mol. The summed E-state index contributed by atoms with van der Waals surface area (Å²) in [7, 11) is 0. The second-order valence-electron chi connectivity index (χ2n) is 6.40. The smallest absolute Gasteiger partial charge is 0.246 e. The molecule has 1 fully saturated rings. The van der Waals surface area contributed by atoms with E-state index < -0.39 is 0 Å². The van der Waals surface area contributed by atoms with Gasteiger partial charge in [-0.3, -0.25) is 4.79 Å². The summed E-state index contributed by atoms with van der Waals surface area (Å²) >= 11 is 3.40. The maximum atomic E-state index is 12.6. The van der Waals surface area contributed by atoms with Crippen LogP contribution in [0.15, 0.2) is 60.1 Å². The van der Waals surface area contributed by atoms with Gasteiger partial charge >= 0.3 is 0 Å². The van der Waals surface area contributed by atoms with Crippen LogP contribution >= 0.6 is 22.7 Å². The summed E-state index contributed by atoms with van der Waals surface area (Å²) in [5, 5.41) is 3.16. The molecule has 3 heterocycles. The normalized spacial score (nSPS) is 17.7. The maximum Gasteiger partial charge on any atom is 0.246 e. The summed E-state index contributed by atoms with van der Waals surface area (Å²) in [5.74, 6) is 0.480. The lowest BCUT2D eigenvalue weighted by atomic mass is 9.98. The van der Waals surface area contributed by atoms with Crippen molar-refractivity contribution in [2.24, 2.45) is 0 Å². The van der Waals surface area contributed by atoms with Crippen LogP contribution in [0.25, 0.3) is 16.5 Å². The Labute approximate surface area is 161 Å². The molecule has 2 aromatic heterocycles. The van der Waals surface area contributed by atoms with E-state index in [2.05, 4.69) is 29.2 Å². The molecule has 0 radical (unpaired) electrons. The highest BCUT2D eigenvalue weighted by Gasteiger charge is 2.25. The van der Waals surface area contributed by atoms with Gasteiger partial charge in [0, 0.05) is 46.4 Å². The van der Waals surface area contributed by atoms with Crippen molar-refractivity contribution in [1.82, 2.24) is 9.88 Å². The Hall–Kier alpha value is -2.24. The molecule has 1 amide bonds. The highest BCUT2D eigenvalue weighted by molar-refractivity contribution is 7.16. The van der Waals surface area contributed by atoms with Crippen LogP contribution in [0.1, 0.15) is 28.6 Å². The van der Waals surface area contributed by atoms with E-state index in [9.17, 15) is 4.79 Å². The number of piperidine rings is 1. The van der Waals surface area contributed by atoms with Crippen molar-refractivity contribution >= 4 is 34.7 Å². The zero-order valence-electron chi connectivity index (χ0n) is 14.4. The van der Waals surface area contributed by atoms with Crippen molar-refractivity contribution in [3.63, 3.8) is 0 Å². The van der Waals surface area contributed by atoms with E-state index in [4.69, 9.17) is 0 Å². The topological polar surface area (TPSA) is 33.2 Å². The number of rotatable bonds is 4. The number of thiazole rings is 1. The summed E-state index contributed by atoms with van der Waals surface area (Å²) in [5.41, 5.74) is 1.21. The number of likely N-dealkylation sites (tertiary alicyclic amines) is 1. The fourth-order valence-electron chi connectivity index (χ4n) is 3.27. The van der Waals surface area contributed by atoms with E-state index in [1.54, 1.807) is 28.7 Å². The van der Waals surface area contributed by atoms with E-state index in [-0.39, 0.29) is 5.91 Å². The number of hydrogen-bond acceptors (Lipinski definition) is 4. The number of thiophene rings is 1. The molecule has 1 atom stereocenters. The second-order valence-corrected chi connectivity index (χ2v) is 8.44. The van der Waals surface area contributed by atoms with Crippen LogP contribution in [0.2, 0.25) is 0 Å². The van der Waals surface area contributed by atoms with Crippen molar-refractivity contribution in [2.75, 3.05) is 13.1 Å². The zero-order chi connectivity index (χ0) is 17.8. The first-order valence-corrected chi connectivity index (χ1v) is 10.5. The third-order valence-electron chi connectivity index (χ3n) is 4.61. The Morgan fingerprint density at radius 1 is 1.19 bits per heavy atom. The molecule has 5 heteroatoms. The van der Waals surface area contributed by atoms with Gasteiger partial charge in [0.2, 0.25) is 5.91 Å². The van der Waals surface area contributed by atoms with Crippen LogP contribution in [-0.2, 0) is 4.79 Å². The van der Waals surface area contributed by atoms with Crippen LogP contribution < -0.4 is 0 Å². The average Bonchev–Trinajstić information content (AvgIpc) is 3.39. The summed E-state index contributed by atoms with van der Waals surface area (Å²) < 4.78 is 0. The molecular formula is C21H20N2OS2. The molecule has 4 rings (SSSR count). The van der Waals surface area contributed by atoms with E-state index in [0.29, 0.717) is 5.92 Å². The fourth-order valence-corrected chi connectivity index (χ4v) is 4.96. The van der Waals surface area contributed by atoms with Gasteiger partial charge in [-0.05, 0) is 36.6 Å². The molecule has 26 heavy (non-hydrogen) atoms. The molecule has 3 nitrogen and oxygen atoms in total. The highest BCUT2D eigenvalue weighted by Crippen LogP contribution is 2.30. The maximum absolute atomic E-state index is 12.6. The Morgan fingerprint density at radius 3 is 2.88 bits per heavy atom. The Morgan fingerprint density at radius 2 is 2.08 bits per heavy atom. The predicted octanol–water partition coefficient (Wildman–Crippen LogP) is 5.29. The molecule has 1 unspecified atom stereocenters. The number of aromatic nitrogens is 1. The lowest BCUT2D eigenvalue weighted by Crippen LogP contribution is -2.38. The van der Waals surface area contributed by atoms with Crippen LogP contribution in [0.4, 0.5) is 0 Å². The van der Waals surface area contributed by atoms with Crippen LogP contribution in [0, 0.1) is 0 Å². The lowest BCUT2D eigenvalue weighted by molar-refractivity contribution is -0.127. The van der Waals surface area contributed by atoms with Gasteiger partial charge in [0.15, 0.2) is 0 Å². The van der Waals surface area contributed by atoms with Crippen LogP contribution in [0.5, 0.6) is 0 Å². The van der Waals surface area contributed by atoms with Crippen LogP contribution in [0.3, 0.4) is 0 Å². The molecule has 0 bridgehead atoms. The molecule has 1 aliphatic heterocycles. The molecule has 0 spiro atoms. The van der Waals surface area contributed by atoms with Gasteiger partial charge in [0.1, 0.15) is 0 Å². The largest absolute Gasteiger partial charge is 0.338 e. The summed E-state index contributed by atoms with van der Waals surface area (Å²) in [4.78, 5) is 21.3. The van der Waals surface area contributed by atoms with Gasteiger partial charge in [-0.15, -0.1) is 22.7 Å². The third-order valence-corrected chi connectivity index (χ3v) is 6.65. The molecule has 132 valence electrons. The highest BCUT2D eigenvalue weighted by atomic mass is 32.1. The first-order chi connectivity index (χ1) is 12.8. The monoisotopic (exact) mass is 380 g/mol. The van der Waals surface area contributed by atoms with Crippen molar-refractivity contribution in [3.05, 3.63) is 70.0 Å². The number of amides is 1. The number of carbonyl (C=O) groups is 1. The summed E-state index contributed by atoms with van der Waals surface area (Å²) in [6.07, 6.45) is 7.66. The zero-order valence-corrected chi connectivity index (χ0v) is 16.0. The quantitative estimate of drug-likeness (QED) is 0.576. The Kier molecular flexibility index (Phi) is 5.27. The molecule has 1 saturated heterocycles. The minimum absolute atomic E-state index is 0.0981. The van der Waals surface area contributed by atoms with Crippen molar-refractivity contribution < 1.29 is 4.79 Å². The summed E-state index contributed by atoms with van der Waals surface area (Å²) in [6.45, 7) is 1.61. The molecule has 1 aliphatic rings. The summed E-state index contributed by atoms with van der Waals surface area (Å²) in [6, 6.07) is 14.5. The standard InChI is InChI=1S/C21H20N2OS2/c24-20(23-13-4-7-17(15-23)21-22-12-14-25-21)11-9-18-8-10-19(26-18)16-5-2-1-3-6-16/h1-3,5-6,8-12,14,17H,4,7,13,15H2/b11-9+. The van der Waals surface area contributed by atoms with Gasteiger partial charge in [-0.25, -0.2) is 4.98 Å². The van der Waals surface area contributed by atoms with Gasteiger partial charge in [0.25, 0.3) is 0 Å². The van der Waals surface area contributed by atoms with Gasteiger partial charge in [-0.2, -0.15) is 0 Å².